The molecule has 2 aliphatic rings. The molecule has 0 saturated carbocycles. The predicted molar refractivity (Wildman–Crippen MR) is 84.3 cm³/mol. The summed E-state index contributed by atoms with van der Waals surface area (Å²) in [5, 5.41) is 15.2. The number of hydrogen-bond donors (Lipinski definition) is 2. The van der Waals surface area contributed by atoms with Crippen LogP contribution in [0.4, 0.5) is 0 Å². The van der Waals surface area contributed by atoms with Gasteiger partial charge in [-0.3, -0.25) is 9.78 Å². The maximum atomic E-state index is 12.4. The van der Waals surface area contributed by atoms with Crippen LogP contribution in [0.2, 0.25) is 0 Å². The van der Waals surface area contributed by atoms with Crippen LogP contribution in [0.1, 0.15) is 47.6 Å². The van der Waals surface area contributed by atoms with Gasteiger partial charge in [0.15, 0.2) is 5.69 Å². The summed E-state index contributed by atoms with van der Waals surface area (Å²) in [6, 6.07) is 0.345. The van der Waals surface area contributed by atoms with E-state index in [-0.39, 0.29) is 5.97 Å². The van der Waals surface area contributed by atoms with Crippen LogP contribution in [0.3, 0.4) is 0 Å². The van der Waals surface area contributed by atoms with Crippen molar-refractivity contribution in [2.45, 2.75) is 38.6 Å². The summed E-state index contributed by atoms with van der Waals surface area (Å²) in [5.74, 6) is -0.348. The molecule has 0 atom stereocenters. The molecule has 2 N–H and O–H groups in total. The Hall–Kier alpha value is -2.15. The van der Waals surface area contributed by atoms with Gasteiger partial charge in [0.25, 0.3) is 0 Å². The van der Waals surface area contributed by atoms with Gasteiger partial charge in [-0.2, -0.15) is 10.2 Å². The maximum Gasteiger partial charge on any atom is 0.359 e. The lowest BCUT2D eigenvalue weighted by molar-refractivity contribution is 0.0518. The zero-order valence-corrected chi connectivity index (χ0v) is 13.3. The molecule has 23 heavy (non-hydrogen) atoms. The number of aryl methyl sites for hydroxylation is 1. The fourth-order valence-corrected chi connectivity index (χ4v) is 3.64. The quantitative estimate of drug-likeness (QED) is 0.838. The van der Waals surface area contributed by atoms with E-state index in [4.69, 9.17) is 4.74 Å². The molecule has 1 aliphatic heterocycles. The van der Waals surface area contributed by atoms with Gasteiger partial charge < -0.3 is 10.1 Å². The lowest BCUT2D eigenvalue weighted by Gasteiger charge is -2.25. The van der Waals surface area contributed by atoms with Crippen LogP contribution in [0, 0.1) is 0 Å². The number of carbonyl (C=O) groups is 1. The van der Waals surface area contributed by atoms with Gasteiger partial charge in [0.05, 0.1) is 30.1 Å². The van der Waals surface area contributed by atoms with Crippen LogP contribution in [0.25, 0.3) is 11.3 Å². The number of piperidine rings is 1. The first kappa shape index (κ1) is 14.4. The highest BCUT2D eigenvalue weighted by Crippen LogP contribution is 2.37. The molecule has 122 valence electrons. The van der Waals surface area contributed by atoms with Gasteiger partial charge in [-0.05, 0) is 51.3 Å². The first-order valence-electron chi connectivity index (χ1n) is 8.31. The van der Waals surface area contributed by atoms with Crippen molar-refractivity contribution in [2.75, 3.05) is 19.7 Å². The molecule has 7 heteroatoms. The predicted octanol–water partition coefficient (Wildman–Crippen LogP) is 1.47. The molecule has 4 rings (SSSR count). The lowest BCUT2D eigenvalue weighted by Crippen LogP contribution is -2.31. The third-order valence-corrected chi connectivity index (χ3v) is 4.73. The third kappa shape index (κ3) is 2.35. The fourth-order valence-electron chi connectivity index (χ4n) is 3.64. The van der Waals surface area contributed by atoms with Gasteiger partial charge in [-0.25, -0.2) is 4.79 Å². The number of hydrogen-bond acceptors (Lipinski definition) is 5. The Morgan fingerprint density at radius 3 is 3.00 bits per heavy atom. The van der Waals surface area contributed by atoms with Gasteiger partial charge >= 0.3 is 5.97 Å². The summed E-state index contributed by atoms with van der Waals surface area (Å²) in [6.07, 6.45) is 5.73. The maximum absolute atomic E-state index is 12.4. The number of aromatic nitrogens is 4. The number of H-pyrrole nitrogens is 1. The molecule has 0 radical (unpaired) electrons. The fraction of sp³-hybridized carbons (Fsp3) is 0.562. The second-order valence-corrected chi connectivity index (χ2v) is 6.09. The summed E-state index contributed by atoms with van der Waals surface area (Å²) in [4.78, 5) is 12.4. The highest BCUT2D eigenvalue weighted by Gasteiger charge is 2.32. The summed E-state index contributed by atoms with van der Waals surface area (Å²) >= 11 is 0. The van der Waals surface area contributed by atoms with Crippen LogP contribution in [0.15, 0.2) is 6.20 Å². The van der Waals surface area contributed by atoms with Crippen molar-refractivity contribution in [2.24, 2.45) is 0 Å². The van der Waals surface area contributed by atoms with Crippen molar-refractivity contribution in [3.8, 4) is 11.3 Å². The van der Waals surface area contributed by atoms with E-state index in [0.29, 0.717) is 18.3 Å². The van der Waals surface area contributed by atoms with Gasteiger partial charge in [0, 0.05) is 5.69 Å². The molecule has 0 bridgehead atoms. The van der Waals surface area contributed by atoms with E-state index in [1.54, 1.807) is 0 Å². The molecule has 0 spiro atoms. The Balaban J connectivity index is 1.83. The second kappa shape index (κ2) is 5.81. The molecule has 7 nitrogen and oxygen atoms in total. The van der Waals surface area contributed by atoms with Gasteiger partial charge in [0.1, 0.15) is 0 Å². The Morgan fingerprint density at radius 2 is 2.22 bits per heavy atom. The minimum atomic E-state index is -0.348. The van der Waals surface area contributed by atoms with Gasteiger partial charge in [0.2, 0.25) is 0 Å². The van der Waals surface area contributed by atoms with Crippen LogP contribution < -0.4 is 5.32 Å². The van der Waals surface area contributed by atoms with E-state index in [9.17, 15) is 4.79 Å². The highest BCUT2D eigenvalue weighted by atomic mass is 16.5. The van der Waals surface area contributed by atoms with E-state index in [1.165, 1.54) is 0 Å². The van der Waals surface area contributed by atoms with Crippen molar-refractivity contribution in [3.05, 3.63) is 23.1 Å². The normalized spacial score (nSPS) is 17.6. The van der Waals surface area contributed by atoms with Crippen molar-refractivity contribution in [1.29, 1.82) is 0 Å². The zero-order valence-electron chi connectivity index (χ0n) is 13.3. The van der Waals surface area contributed by atoms with Crippen molar-refractivity contribution < 1.29 is 9.53 Å². The Labute approximate surface area is 134 Å². The Morgan fingerprint density at radius 1 is 1.39 bits per heavy atom. The van der Waals surface area contributed by atoms with Crippen LogP contribution in [0.5, 0.6) is 0 Å². The molecular formula is C16H21N5O2. The molecule has 2 aromatic heterocycles. The number of aromatic amines is 1. The van der Waals surface area contributed by atoms with E-state index < -0.39 is 0 Å². The molecule has 1 aliphatic carbocycles. The number of nitrogens with one attached hydrogen (secondary N) is 2. The average molecular weight is 315 g/mol. The minimum absolute atomic E-state index is 0.345. The average Bonchev–Trinajstić information content (AvgIpc) is 3.19. The second-order valence-electron chi connectivity index (χ2n) is 6.09. The van der Waals surface area contributed by atoms with E-state index >= 15 is 0 Å². The van der Waals surface area contributed by atoms with E-state index in [1.807, 2.05) is 13.1 Å². The van der Waals surface area contributed by atoms with Crippen LogP contribution >= 0.6 is 0 Å². The SMILES string of the molecule is CCOC(=O)c1nn(C2CCNCC2)c2c1-c1[nH]ncc1CC2. The molecule has 3 heterocycles. The standard InChI is InChI=1S/C16H21N5O2/c1-2-23-16(22)15-13-12(4-3-10-9-18-19-14(10)13)21(20-15)11-5-7-17-8-6-11/h9,11,17H,2-8H2,1H3,(H,18,19). The number of esters is 1. The monoisotopic (exact) mass is 315 g/mol. The van der Waals surface area contributed by atoms with Crippen molar-refractivity contribution >= 4 is 5.97 Å². The summed E-state index contributed by atoms with van der Waals surface area (Å²) in [7, 11) is 0. The first-order chi connectivity index (χ1) is 11.3. The van der Waals surface area contributed by atoms with Gasteiger partial charge in [-0.15, -0.1) is 0 Å². The molecular weight excluding hydrogens is 294 g/mol. The summed E-state index contributed by atoms with van der Waals surface area (Å²) in [5.41, 5.74) is 4.52. The highest BCUT2D eigenvalue weighted by molar-refractivity contribution is 5.96. The van der Waals surface area contributed by atoms with Crippen molar-refractivity contribution in [1.82, 2.24) is 25.3 Å². The summed E-state index contributed by atoms with van der Waals surface area (Å²) < 4.78 is 7.30. The topological polar surface area (TPSA) is 84.8 Å². The number of rotatable bonds is 3. The zero-order chi connectivity index (χ0) is 15.8. The molecule has 1 saturated heterocycles. The molecule has 2 aromatic rings. The first-order valence-corrected chi connectivity index (χ1v) is 8.31. The molecule has 1 fully saturated rings. The largest absolute Gasteiger partial charge is 0.461 e. The molecule has 0 aromatic carbocycles. The number of fused-ring (bicyclic) bond motifs is 3. The van der Waals surface area contributed by atoms with Crippen LogP contribution in [-0.4, -0.2) is 45.6 Å². The minimum Gasteiger partial charge on any atom is -0.461 e. The Kier molecular flexibility index (Phi) is 3.65. The van der Waals surface area contributed by atoms with E-state index in [2.05, 4.69) is 25.3 Å². The number of nitrogens with zero attached hydrogens (tertiary/aromatic N) is 3. The number of carbonyl (C=O) groups excluding carboxylic acids is 1. The smallest absolute Gasteiger partial charge is 0.359 e. The van der Waals surface area contributed by atoms with Crippen molar-refractivity contribution in [3.63, 3.8) is 0 Å². The van der Waals surface area contributed by atoms with E-state index in [0.717, 1.165) is 61.3 Å². The Bertz CT molecular complexity index is 727. The lowest BCUT2D eigenvalue weighted by atomic mass is 9.93. The number of ether oxygens (including phenoxy) is 1. The summed E-state index contributed by atoms with van der Waals surface area (Å²) in [6.45, 7) is 4.14. The molecule has 0 amide bonds. The van der Waals surface area contributed by atoms with Crippen LogP contribution in [-0.2, 0) is 17.6 Å². The van der Waals surface area contributed by atoms with Gasteiger partial charge in [-0.1, -0.05) is 0 Å². The third-order valence-electron chi connectivity index (χ3n) is 4.73. The molecule has 0 unspecified atom stereocenters.